The minimum absolute atomic E-state index is 0.0926. The molecular formula is C26H24ClN3O2. The van der Waals surface area contributed by atoms with E-state index < -0.39 is 6.04 Å². The van der Waals surface area contributed by atoms with E-state index >= 15 is 0 Å². The van der Waals surface area contributed by atoms with Crippen LogP contribution in [0.5, 0.6) is 0 Å². The average molecular weight is 446 g/mol. The predicted octanol–water partition coefficient (Wildman–Crippen LogP) is 5.65. The Bertz CT molecular complexity index is 1300. The fourth-order valence-electron chi connectivity index (χ4n) is 3.87. The number of benzene rings is 3. The van der Waals surface area contributed by atoms with Gasteiger partial charge in [-0.05, 0) is 61.9 Å². The highest BCUT2D eigenvalue weighted by Crippen LogP contribution is 2.25. The zero-order valence-corrected chi connectivity index (χ0v) is 18.8. The van der Waals surface area contributed by atoms with E-state index in [-0.39, 0.29) is 11.5 Å². The molecule has 5 nitrogen and oxygen atoms in total. The van der Waals surface area contributed by atoms with E-state index in [0.717, 1.165) is 6.42 Å². The Morgan fingerprint density at radius 1 is 1.00 bits per heavy atom. The summed E-state index contributed by atoms with van der Waals surface area (Å²) in [4.78, 5) is 33.6. The number of hydrogen-bond acceptors (Lipinski definition) is 3. The van der Waals surface area contributed by atoms with E-state index in [1.165, 1.54) is 0 Å². The maximum Gasteiger partial charge on any atom is 0.266 e. The van der Waals surface area contributed by atoms with Crippen LogP contribution in [0.4, 0.5) is 0 Å². The molecule has 0 fully saturated rings. The van der Waals surface area contributed by atoms with Gasteiger partial charge in [0.25, 0.3) is 11.5 Å². The summed E-state index contributed by atoms with van der Waals surface area (Å²) < 4.78 is 1.59. The Hall–Kier alpha value is -3.44. The lowest BCUT2D eigenvalue weighted by Crippen LogP contribution is -2.38. The van der Waals surface area contributed by atoms with Gasteiger partial charge in [0.2, 0.25) is 0 Å². The van der Waals surface area contributed by atoms with Gasteiger partial charge in [0.1, 0.15) is 5.82 Å². The number of rotatable bonds is 6. The van der Waals surface area contributed by atoms with Crippen LogP contribution in [-0.2, 0) is 0 Å². The number of halogens is 1. The zero-order chi connectivity index (χ0) is 22.7. The van der Waals surface area contributed by atoms with Gasteiger partial charge >= 0.3 is 0 Å². The molecule has 1 heterocycles. The third-order valence-corrected chi connectivity index (χ3v) is 5.73. The quantitative estimate of drug-likeness (QED) is 0.385. The fourth-order valence-corrected chi connectivity index (χ4v) is 3.99. The van der Waals surface area contributed by atoms with Gasteiger partial charge in [-0.1, -0.05) is 48.9 Å². The number of nitrogens with zero attached hydrogens (tertiary/aromatic N) is 3. The molecule has 32 heavy (non-hydrogen) atoms. The number of para-hydroxylation sites is 1. The van der Waals surface area contributed by atoms with E-state index in [0.29, 0.717) is 39.5 Å². The van der Waals surface area contributed by atoms with Crippen LogP contribution in [0.3, 0.4) is 0 Å². The number of hydrogen-bond donors (Lipinski definition) is 0. The summed E-state index contributed by atoms with van der Waals surface area (Å²) in [7, 11) is 0. The van der Waals surface area contributed by atoms with Crippen molar-refractivity contribution in [3.8, 4) is 5.69 Å². The largest absolute Gasteiger partial charge is 0.329 e. The molecule has 0 spiro atoms. The second-order valence-electron chi connectivity index (χ2n) is 7.64. The van der Waals surface area contributed by atoms with Crippen molar-refractivity contribution in [3.63, 3.8) is 0 Å². The van der Waals surface area contributed by atoms with Gasteiger partial charge in [-0.3, -0.25) is 14.2 Å². The van der Waals surface area contributed by atoms with E-state index in [9.17, 15) is 9.59 Å². The monoisotopic (exact) mass is 445 g/mol. The molecule has 4 rings (SSSR count). The first-order valence-corrected chi connectivity index (χ1v) is 11.0. The summed E-state index contributed by atoms with van der Waals surface area (Å²) in [6.07, 6.45) is 0.779. The molecule has 0 saturated carbocycles. The molecule has 0 N–H and O–H groups in total. The number of amides is 1. The van der Waals surface area contributed by atoms with Gasteiger partial charge in [-0.2, -0.15) is 0 Å². The smallest absolute Gasteiger partial charge is 0.266 e. The highest BCUT2D eigenvalue weighted by Gasteiger charge is 2.27. The Morgan fingerprint density at radius 3 is 2.34 bits per heavy atom. The predicted molar refractivity (Wildman–Crippen MR) is 129 cm³/mol. The summed E-state index contributed by atoms with van der Waals surface area (Å²) in [5, 5.41) is 1.10. The van der Waals surface area contributed by atoms with E-state index in [4.69, 9.17) is 16.6 Å². The molecule has 1 unspecified atom stereocenters. The Morgan fingerprint density at radius 2 is 1.66 bits per heavy atom. The molecule has 0 radical (unpaired) electrons. The van der Waals surface area contributed by atoms with Crippen molar-refractivity contribution in [1.29, 1.82) is 0 Å². The number of fused-ring (bicyclic) bond motifs is 1. The van der Waals surface area contributed by atoms with Gasteiger partial charge in [0, 0.05) is 17.1 Å². The Balaban J connectivity index is 1.91. The summed E-state index contributed by atoms with van der Waals surface area (Å²) >= 11 is 6.08. The molecule has 162 valence electrons. The van der Waals surface area contributed by atoms with Crippen molar-refractivity contribution in [3.05, 3.63) is 106 Å². The molecule has 6 heteroatoms. The van der Waals surface area contributed by atoms with E-state index in [2.05, 4.69) is 0 Å². The number of carbonyl (C=O) groups excluding carboxylic acids is 1. The second-order valence-corrected chi connectivity index (χ2v) is 8.08. The first-order chi connectivity index (χ1) is 15.5. The second kappa shape index (κ2) is 9.37. The van der Waals surface area contributed by atoms with Crippen LogP contribution >= 0.6 is 11.6 Å². The van der Waals surface area contributed by atoms with E-state index in [1.54, 1.807) is 51.9 Å². The molecule has 0 saturated heterocycles. The number of aromatic nitrogens is 2. The van der Waals surface area contributed by atoms with Gasteiger partial charge in [0.15, 0.2) is 0 Å². The Kier molecular flexibility index (Phi) is 6.37. The summed E-state index contributed by atoms with van der Waals surface area (Å²) in [6, 6.07) is 23.1. The SMILES string of the molecule is CCCN(C(=O)c1ccccc1)C(C)c1nc2ccccc2c(=O)n1-c1ccc(Cl)cc1. The zero-order valence-electron chi connectivity index (χ0n) is 18.0. The van der Waals surface area contributed by atoms with Crippen molar-refractivity contribution < 1.29 is 4.79 Å². The molecule has 0 bridgehead atoms. The highest BCUT2D eigenvalue weighted by molar-refractivity contribution is 6.30. The first kappa shape index (κ1) is 21.8. The topological polar surface area (TPSA) is 55.2 Å². The highest BCUT2D eigenvalue weighted by atomic mass is 35.5. The van der Waals surface area contributed by atoms with Crippen molar-refractivity contribution >= 4 is 28.4 Å². The Labute approximate surface area is 191 Å². The van der Waals surface area contributed by atoms with Crippen molar-refractivity contribution in [2.75, 3.05) is 6.54 Å². The molecule has 1 amide bonds. The van der Waals surface area contributed by atoms with Crippen LogP contribution in [0.1, 0.15) is 42.5 Å². The third-order valence-electron chi connectivity index (χ3n) is 5.47. The molecule has 4 aromatic rings. The maximum atomic E-state index is 13.5. The summed E-state index contributed by atoms with van der Waals surface area (Å²) in [5.74, 6) is 0.416. The minimum Gasteiger partial charge on any atom is -0.329 e. The van der Waals surface area contributed by atoms with Gasteiger partial charge < -0.3 is 4.90 Å². The van der Waals surface area contributed by atoms with Crippen LogP contribution in [-0.4, -0.2) is 26.9 Å². The standard InChI is InChI=1S/C26H24ClN3O2/c1-3-17-29(25(31)19-9-5-4-6-10-19)18(2)24-28-23-12-8-7-11-22(23)26(32)30(24)21-15-13-20(27)14-16-21/h4-16,18H,3,17H2,1-2H3. The van der Waals surface area contributed by atoms with Crippen LogP contribution in [0.25, 0.3) is 16.6 Å². The molecule has 0 aliphatic carbocycles. The molecule has 1 aromatic heterocycles. The third kappa shape index (κ3) is 4.16. The normalized spacial score (nSPS) is 12.0. The summed E-state index contributed by atoms with van der Waals surface area (Å²) in [6.45, 7) is 4.48. The maximum absolute atomic E-state index is 13.5. The number of carbonyl (C=O) groups is 1. The van der Waals surface area contributed by atoms with E-state index in [1.807, 2.05) is 50.2 Å². The van der Waals surface area contributed by atoms with Crippen molar-refractivity contribution in [2.45, 2.75) is 26.3 Å². The van der Waals surface area contributed by atoms with Crippen LogP contribution in [0.2, 0.25) is 5.02 Å². The molecule has 0 aliphatic heterocycles. The molecular weight excluding hydrogens is 422 g/mol. The summed E-state index contributed by atoms with van der Waals surface area (Å²) in [5.41, 5.74) is 1.69. The van der Waals surface area contributed by atoms with Crippen LogP contribution in [0.15, 0.2) is 83.7 Å². The molecule has 0 aliphatic rings. The van der Waals surface area contributed by atoms with Crippen LogP contribution in [0, 0.1) is 0 Å². The van der Waals surface area contributed by atoms with Crippen molar-refractivity contribution in [1.82, 2.24) is 14.5 Å². The van der Waals surface area contributed by atoms with Gasteiger partial charge in [-0.25, -0.2) is 4.98 Å². The molecule has 3 aromatic carbocycles. The lowest BCUT2D eigenvalue weighted by molar-refractivity contribution is 0.0681. The fraction of sp³-hybridized carbons (Fsp3) is 0.192. The molecule has 1 atom stereocenters. The van der Waals surface area contributed by atoms with Crippen LogP contribution < -0.4 is 5.56 Å². The van der Waals surface area contributed by atoms with Crippen molar-refractivity contribution in [2.24, 2.45) is 0 Å². The minimum atomic E-state index is -0.435. The lowest BCUT2D eigenvalue weighted by atomic mass is 10.1. The van der Waals surface area contributed by atoms with Gasteiger partial charge in [-0.15, -0.1) is 0 Å². The lowest BCUT2D eigenvalue weighted by Gasteiger charge is -2.30. The first-order valence-electron chi connectivity index (χ1n) is 10.6. The van der Waals surface area contributed by atoms with Gasteiger partial charge in [0.05, 0.1) is 22.6 Å². The average Bonchev–Trinajstić information content (AvgIpc) is 2.83.